The minimum absolute atomic E-state index is 0.0411. The van der Waals surface area contributed by atoms with E-state index in [1.807, 2.05) is 11.9 Å². The predicted octanol–water partition coefficient (Wildman–Crippen LogP) is -0.307. The molecule has 0 amide bonds. The van der Waals surface area contributed by atoms with Crippen LogP contribution in [0.3, 0.4) is 0 Å². The summed E-state index contributed by atoms with van der Waals surface area (Å²) in [5.74, 6) is 0.775. The summed E-state index contributed by atoms with van der Waals surface area (Å²) in [6.07, 6.45) is 1.55. The maximum Gasteiger partial charge on any atom is 0.254 e. The van der Waals surface area contributed by atoms with Gasteiger partial charge in [-0.1, -0.05) is 0 Å². The molecular weight excluding hydrogens is 142 g/mol. The third kappa shape index (κ3) is 0.824. The molecule has 1 aliphatic rings. The van der Waals surface area contributed by atoms with Crippen LogP contribution in [0.25, 0.3) is 0 Å². The number of anilines is 1. The zero-order valence-electron chi connectivity index (χ0n) is 6.32. The van der Waals surface area contributed by atoms with Crippen LogP contribution in [0.4, 0.5) is 5.95 Å². The number of fused-ring (bicyclic) bond motifs is 1. The first-order valence-corrected chi connectivity index (χ1v) is 3.56. The van der Waals surface area contributed by atoms with E-state index in [2.05, 4.69) is 4.98 Å². The lowest BCUT2D eigenvalue weighted by Crippen LogP contribution is -2.18. The van der Waals surface area contributed by atoms with Crippen LogP contribution in [0.5, 0.6) is 0 Å². The van der Waals surface area contributed by atoms with Crippen molar-refractivity contribution in [3.63, 3.8) is 0 Å². The quantitative estimate of drug-likeness (QED) is 0.510. The van der Waals surface area contributed by atoms with E-state index in [1.54, 1.807) is 10.8 Å². The number of hydrogen-bond donors (Lipinski definition) is 0. The molecule has 0 fully saturated rings. The lowest BCUT2D eigenvalue weighted by molar-refractivity contribution is 0.756. The standard InChI is InChI=1S/C7H9N3O/c1-9-4-5-10-6(11)2-3-8-7(9)10/h2-3H,4-5H2,1H3. The third-order valence-electron chi connectivity index (χ3n) is 1.92. The minimum Gasteiger partial charge on any atom is -0.343 e. The Bertz CT molecular complexity index is 331. The van der Waals surface area contributed by atoms with Crippen LogP contribution in [0, 0.1) is 0 Å². The molecule has 0 saturated carbocycles. The maximum atomic E-state index is 11.2. The van der Waals surface area contributed by atoms with Crippen molar-refractivity contribution in [2.75, 3.05) is 18.5 Å². The summed E-state index contributed by atoms with van der Waals surface area (Å²) in [7, 11) is 1.94. The molecule has 0 atom stereocenters. The highest BCUT2D eigenvalue weighted by Gasteiger charge is 2.16. The third-order valence-corrected chi connectivity index (χ3v) is 1.92. The average molecular weight is 151 g/mol. The van der Waals surface area contributed by atoms with Gasteiger partial charge in [0.15, 0.2) is 0 Å². The molecule has 4 nitrogen and oxygen atoms in total. The molecule has 0 N–H and O–H groups in total. The normalized spacial score (nSPS) is 15.2. The monoisotopic (exact) mass is 151 g/mol. The highest BCUT2D eigenvalue weighted by atomic mass is 16.1. The lowest BCUT2D eigenvalue weighted by atomic mass is 10.6. The number of likely N-dealkylation sites (N-methyl/N-ethyl adjacent to an activating group) is 1. The fourth-order valence-corrected chi connectivity index (χ4v) is 1.29. The fourth-order valence-electron chi connectivity index (χ4n) is 1.29. The van der Waals surface area contributed by atoms with Gasteiger partial charge in [0, 0.05) is 32.4 Å². The molecule has 4 heteroatoms. The second kappa shape index (κ2) is 2.08. The van der Waals surface area contributed by atoms with Crippen molar-refractivity contribution >= 4 is 5.95 Å². The first-order chi connectivity index (χ1) is 5.29. The summed E-state index contributed by atoms with van der Waals surface area (Å²) in [4.78, 5) is 17.2. The smallest absolute Gasteiger partial charge is 0.254 e. The molecule has 1 aliphatic heterocycles. The Hall–Kier alpha value is -1.32. The van der Waals surface area contributed by atoms with E-state index >= 15 is 0 Å². The Kier molecular flexibility index (Phi) is 1.21. The van der Waals surface area contributed by atoms with Crippen molar-refractivity contribution in [1.82, 2.24) is 9.55 Å². The topological polar surface area (TPSA) is 38.1 Å². The van der Waals surface area contributed by atoms with Crippen LogP contribution in [-0.2, 0) is 6.54 Å². The van der Waals surface area contributed by atoms with Gasteiger partial charge in [-0.15, -0.1) is 0 Å². The van der Waals surface area contributed by atoms with E-state index < -0.39 is 0 Å². The first kappa shape index (κ1) is 6.39. The van der Waals surface area contributed by atoms with Gasteiger partial charge in [0.25, 0.3) is 5.56 Å². The molecule has 2 heterocycles. The van der Waals surface area contributed by atoms with Crippen molar-refractivity contribution in [3.8, 4) is 0 Å². The Morgan fingerprint density at radius 3 is 3.09 bits per heavy atom. The van der Waals surface area contributed by atoms with Crippen molar-refractivity contribution < 1.29 is 0 Å². The van der Waals surface area contributed by atoms with Gasteiger partial charge >= 0.3 is 0 Å². The highest BCUT2D eigenvalue weighted by Crippen LogP contribution is 2.11. The highest BCUT2D eigenvalue weighted by molar-refractivity contribution is 5.32. The Balaban J connectivity index is 2.66. The molecule has 0 aliphatic carbocycles. The molecule has 0 unspecified atom stereocenters. The zero-order valence-corrected chi connectivity index (χ0v) is 6.32. The van der Waals surface area contributed by atoms with Gasteiger partial charge in [0.05, 0.1) is 0 Å². The van der Waals surface area contributed by atoms with E-state index in [9.17, 15) is 4.79 Å². The first-order valence-electron chi connectivity index (χ1n) is 3.56. The van der Waals surface area contributed by atoms with Crippen LogP contribution < -0.4 is 10.5 Å². The lowest BCUT2D eigenvalue weighted by Gasteiger charge is -2.07. The predicted molar refractivity (Wildman–Crippen MR) is 41.8 cm³/mol. The second-order valence-corrected chi connectivity index (χ2v) is 2.66. The molecule has 1 aromatic rings. The molecule has 0 bridgehead atoms. The van der Waals surface area contributed by atoms with Crippen molar-refractivity contribution in [2.45, 2.75) is 6.54 Å². The van der Waals surface area contributed by atoms with Crippen molar-refractivity contribution in [2.24, 2.45) is 0 Å². The molecule has 0 spiro atoms. The molecule has 1 aromatic heterocycles. The van der Waals surface area contributed by atoms with Crippen LogP contribution in [0.1, 0.15) is 0 Å². The number of nitrogens with zero attached hydrogens (tertiary/aromatic N) is 3. The SMILES string of the molecule is CN1CCn2c1nccc2=O. The van der Waals surface area contributed by atoms with Gasteiger partial charge < -0.3 is 4.90 Å². The van der Waals surface area contributed by atoms with Crippen LogP contribution in [-0.4, -0.2) is 23.1 Å². The summed E-state index contributed by atoms with van der Waals surface area (Å²) in [6, 6.07) is 1.49. The van der Waals surface area contributed by atoms with Crippen LogP contribution in [0.15, 0.2) is 17.1 Å². The van der Waals surface area contributed by atoms with E-state index in [1.165, 1.54) is 6.07 Å². The van der Waals surface area contributed by atoms with E-state index in [-0.39, 0.29) is 5.56 Å². The van der Waals surface area contributed by atoms with Crippen molar-refractivity contribution in [1.29, 1.82) is 0 Å². The summed E-state index contributed by atoms with van der Waals surface area (Å²) in [5.41, 5.74) is 0.0411. The molecule has 0 radical (unpaired) electrons. The maximum absolute atomic E-state index is 11.2. The Labute approximate surface area is 64.1 Å². The molecule has 0 saturated heterocycles. The Morgan fingerprint density at radius 2 is 2.36 bits per heavy atom. The van der Waals surface area contributed by atoms with Crippen LogP contribution >= 0.6 is 0 Å². The van der Waals surface area contributed by atoms with E-state index in [0.717, 1.165) is 19.0 Å². The van der Waals surface area contributed by atoms with E-state index in [0.29, 0.717) is 0 Å². The van der Waals surface area contributed by atoms with Gasteiger partial charge in [-0.3, -0.25) is 9.36 Å². The zero-order chi connectivity index (χ0) is 7.84. The molecule has 2 rings (SSSR count). The van der Waals surface area contributed by atoms with E-state index in [4.69, 9.17) is 0 Å². The minimum atomic E-state index is 0.0411. The van der Waals surface area contributed by atoms with Gasteiger partial charge in [0.2, 0.25) is 5.95 Å². The van der Waals surface area contributed by atoms with Gasteiger partial charge in [-0.2, -0.15) is 0 Å². The van der Waals surface area contributed by atoms with Gasteiger partial charge in [-0.05, 0) is 0 Å². The molecule has 0 aromatic carbocycles. The molecule has 58 valence electrons. The van der Waals surface area contributed by atoms with Crippen molar-refractivity contribution in [3.05, 3.63) is 22.6 Å². The number of hydrogen-bond acceptors (Lipinski definition) is 3. The number of aromatic nitrogens is 2. The second-order valence-electron chi connectivity index (χ2n) is 2.66. The number of rotatable bonds is 0. The molecule has 11 heavy (non-hydrogen) atoms. The fraction of sp³-hybridized carbons (Fsp3) is 0.429. The average Bonchev–Trinajstić information content (AvgIpc) is 2.35. The summed E-state index contributed by atoms with van der Waals surface area (Å²) >= 11 is 0. The van der Waals surface area contributed by atoms with Crippen LogP contribution in [0.2, 0.25) is 0 Å². The Morgan fingerprint density at radius 1 is 1.55 bits per heavy atom. The van der Waals surface area contributed by atoms with Gasteiger partial charge in [-0.25, -0.2) is 4.98 Å². The van der Waals surface area contributed by atoms with Gasteiger partial charge in [0.1, 0.15) is 0 Å². The largest absolute Gasteiger partial charge is 0.343 e. The molecular formula is C7H9N3O. The summed E-state index contributed by atoms with van der Waals surface area (Å²) < 4.78 is 1.68. The summed E-state index contributed by atoms with van der Waals surface area (Å²) in [5, 5.41) is 0. The summed E-state index contributed by atoms with van der Waals surface area (Å²) in [6.45, 7) is 1.64.